The van der Waals surface area contributed by atoms with Crippen LogP contribution in [0.3, 0.4) is 0 Å². The molecule has 0 aromatic carbocycles. The fourth-order valence-corrected chi connectivity index (χ4v) is 9.64. The van der Waals surface area contributed by atoms with Gasteiger partial charge in [0.05, 0.1) is 19.4 Å². The number of esters is 2. The maximum absolute atomic E-state index is 13.8. The van der Waals surface area contributed by atoms with E-state index in [0.29, 0.717) is 19.4 Å². The molecule has 51 heavy (non-hydrogen) atoms. The van der Waals surface area contributed by atoms with E-state index in [1.54, 1.807) is 12.2 Å². The highest BCUT2D eigenvalue weighted by Gasteiger charge is 2.68. The molecular weight excluding hydrogens is 644 g/mol. The molecule has 3 fully saturated rings. The normalized spacial score (nSPS) is 29.7. The summed E-state index contributed by atoms with van der Waals surface area (Å²) >= 11 is 0. The molecule has 0 aliphatic heterocycles. The summed E-state index contributed by atoms with van der Waals surface area (Å²) in [4.78, 5) is 63.9. The SMILES string of the molecule is CCCCCCCC/C=C\CCCCCCCCOC(=O)CCC(=O)OCC(=O)[C@@]1(O)CC[C@H]2[C@@H]3CCC4=CC(=O)C=C[C@]4(C)[C@H]3C(=O)C[C@@]21C. The average Bonchev–Trinajstić information content (AvgIpc) is 3.37. The minimum atomic E-state index is -1.78. The van der Waals surface area contributed by atoms with Crippen LogP contribution in [-0.2, 0) is 33.4 Å². The average molecular weight is 709 g/mol. The standard InChI is InChI=1S/C43H64O8/c1-4-5-6-7-8-9-10-11-12-13-14-15-16-17-18-19-28-50-38(47)22-23-39(48)51-31-37(46)43(49)27-25-35-34-21-20-32-29-33(44)24-26-41(32,2)40(34)36(45)30-42(35,43)3/h11-12,24,26,29,34-35,40,49H,4-10,13-23,25,27-28,30-31H2,1-3H3/b12-11-/t34-,35-,40+,41-,42-,43-/m0/s1. The van der Waals surface area contributed by atoms with E-state index in [2.05, 4.69) is 19.1 Å². The molecule has 4 aliphatic rings. The largest absolute Gasteiger partial charge is 0.466 e. The van der Waals surface area contributed by atoms with Crippen LogP contribution in [0.15, 0.2) is 36.0 Å². The number of ketones is 3. The fourth-order valence-electron chi connectivity index (χ4n) is 9.64. The van der Waals surface area contributed by atoms with E-state index in [4.69, 9.17) is 9.47 Å². The monoisotopic (exact) mass is 708 g/mol. The van der Waals surface area contributed by atoms with Crippen molar-refractivity contribution in [3.63, 3.8) is 0 Å². The third-order valence-electron chi connectivity index (χ3n) is 12.7. The number of hydrogen-bond donors (Lipinski definition) is 1. The lowest BCUT2D eigenvalue weighted by molar-refractivity contribution is -0.172. The number of aliphatic hydroxyl groups is 1. The van der Waals surface area contributed by atoms with Crippen molar-refractivity contribution in [2.75, 3.05) is 13.2 Å². The zero-order chi connectivity index (χ0) is 36.9. The fraction of sp³-hybridized carbons (Fsp3) is 0.744. The molecular formula is C43H64O8. The Balaban J connectivity index is 1.07. The molecule has 4 aliphatic carbocycles. The molecule has 1 N–H and O–H groups in total. The molecule has 0 amide bonds. The predicted octanol–water partition coefficient (Wildman–Crippen LogP) is 8.68. The molecule has 6 atom stereocenters. The van der Waals surface area contributed by atoms with Crippen molar-refractivity contribution >= 4 is 29.3 Å². The number of carbonyl (C=O) groups excluding carboxylic acids is 5. The van der Waals surface area contributed by atoms with Crippen LogP contribution in [0.25, 0.3) is 0 Å². The summed E-state index contributed by atoms with van der Waals surface area (Å²) in [6.45, 7) is 5.84. The third-order valence-corrected chi connectivity index (χ3v) is 12.7. The molecule has 3 saturated carbocycles. The van der Waals surface area contributed by atoms with Crippen molar-refractivity contribution in [3.8, 4) is 0 Å². The number of unbranched alkanes of at least 4 members (excludes halogenated alkanes) is 12. The lowest BCUT2D eigenvalue weighted by Gasteiger charge is -2.56. The zero-order valence-electron chi connectivity index (χ0n) is 31.7. The van der Waals surface area contributed by atoms with Gasteiger partial charge in [0.2, 0.25) is 5.78 Å². The Morgan fingerprint density at radius 2 is 1.45 bits per heavy atom. The molecule has 0 aromatic rings. The van der Waals surface area contributed by atoms with Gasteiger partial charge in [-0.05, 0) is 81.8 Å². The summed E-state index contributed by atoms with van der Waals surface area (Å²) in [6, 6.07) is 0. The molecule has 8 nitrogen and oxygen atoms in total. The molecule has 0 aromatic heterocycles. The molecule has 4 rings (SSSR count). The Kier molecular flexibility index (Phi) is 15.5. The topological polar surface area (TPSA) is 124 Å². The van der Waals surface area contributed by atoms with E-state index in [9.17, 15) is 29.1 Å². The van der Waals surface area contributed by atoms with Crippen molar-refractivity contribution in [2.45, 2.75) is 161 Å². The van der Waals surface area contributed by atoms with Gasteiger partial charge in [0.15, 0.2) is 12.4 Å². The van der Waals surface area contributed by atoms with Gasteiger partial charge in [-0.2, -0.15) is 0 Å². The van der Waals surface area contributed by atoms with Gasteiger partial charge in [-0.15, -0.1) is 0 Å². The Hall–Kier alpha value is -2.87. The number of ether oxygens (including phenoxy) is 2. The van der Waals surface area contributed by atoms with E-state index >= 15 is 0 Å². The first kappa shape index (κ1) is 40.9. The number of hydrogen-bond acceptors (Lipinski definition) is 8. The number of Topliss-reactive ketones (excluding diaryl/α,β-unsaturated/α-hetero) is 2. The van der Waals surface area contributed by atoms with Gasteiger partial charge in [0, 0.05) is 23.2 Å². The molecule has 0 saturated heterocycles. The Bertz CT molecular complexity index is 1330. The van der Waals surface area contributed by atoms with Crippen LogP contribution in [0.1, 0.15) is 156 Å². The Labute approximate surface area is 306 Å². The smallest absolute Gasteiger partial charge is 0.306 e. The van der Waals surface area contributed by atoms with Crippen molar-refractivity contribution < 1.29 is 38.6 Å². The summed E-state index contributed by atoms with van der Waals surface area (Å²) < 4.78 is 10.5. The molecule has 0 unspecified atom stereocenters. The zero-order valence-corrected chi connectivity index (χ0v) is 31.7. The van der Waals surface area contributed by atoms with E-state index in [1.165, 1.54) is 64.2 Å². The summed E-state index contributed by atoms with van der Waals surface area (Å²) in [6.07, 6.45) is 28.6. The van der Waals surface area contributed by atoms with Gasteiger partial charge >= 0.3 is 11.9 Å². The summed E-state index contributed by atoms with van der Waals surface area (Å²) in [5, 5.41) is 11.8. The van der Waals surface area contributed by atoms with Crippen molar-refractivity contribution in [2.24, 2.45) is 28.6 Å². The Morgan fingerprint density at radius 3 is 2.12 bits per heavy atom. The molecule has 0 radical (unpaired) electrons. The first-order chi connectivity index (χ1) is 24.5. The van der Waals surface area contributed by atoms with Crippen LogP contribution in [0.4, 0.5) is 0 Å². The molecule has 0 bridgehead atoms. The lowest BCUT2D eigenvalue weighted by atomic mass is 9.46. The van der Waals surface area contributed by atoms with Crippen LogP contribution in [0, 0.1) is 28.6 Å². The van der Waals surface area contributed by atoms with E-state index in [-0.39, 0.29) is 55.0 Å². The molecule has 284 valence electrons. The van der Waals surface area contributed by atoms with E-state index in [0.717, 1.165) is 37.7 Å². The summed E-state index contributed by atoms with van der Waals surface area (Å²) in [7, 11) is 0. The van der Waals surface area contributed by atoms with Crippen LogP contribution >= 0.6 is 0 Å². The highest BCUT2D eigenvalue weighted by Crippen LogP contribution is 2.66. The maximum Gasteiger partial charge on any atom is 0.306 e. The van der Waals surface area contributed by atoms with Crippen LogP contribution in [0.2, 0.25) is 0 Å². The van der Waals surface area contributed by atoms with Gasteiger partial charge in [0.25, 0.3) is 0 Å². The quantitative estimate of drug-likeness (QED) is 0.0673. The van der Waals surface area contributed by atoms with Gasteiger partial charge in [0.1, 0.15) is 11.4 Å². The maximum atomic E-state index is 13.8. The Morgan fingerprint density at radius 1 is 0.843 bits per heavy atom. The second kappa shape index (κ2) is 19.3. The van der Waals surface area contributed by atoms with Crippen molar-refractivity contribution in [1.82, 2.24) is 0 Å². The number of rotatable bonds is 22. The second-order valence-electron chi connectivity index (χ2n) is 16.2. The lowest BCUT2D eigenvalue weighted by Crippen LogP contribution is -2.60. The highest BCUT2D eigenvalue weighted by atomic mass is 16.5. The van der Waals surface area contributed by atoms with Crippen molar-refractivity contribution in [3.05, 3.63) is 36.0 Å². The number of fused-ring (bicyclic) bond motifs is 5. The number of allylic oxidation sites excluding steroid dienone is 6. The van der Waals surface area contributed by atoms with Crippen LogP contribution in [0.5, 0.6) is 0 Å². The third kappa shape index (κ3) is 10.2. The van der Waals surface area contributed by atoms with Gasteiger partial charge in [-0.1, -0.05) is 102 Å². The summed E-state index contributed by atoms with van der Waals surface area (Å²) in [5.74, 6) is -2.16. The van der Waals surface area contributed by atoms with E-state index in [1.807, 2.05) is 19.9 Å². The van der Waals surface area contributed by atoms with Crippen molar-refractivity contribution in [1.29, 1.82) is 0 Å². The van der Waals surface area contributed by atoms with E-state index < -0.39 is 40.8 Å². The minimum Gasteiger partial charge on any atom is -0.466 e. The van der Waals surface area contributed by atoms with Crippen LogP contribution in [-0.4, -0.2) is 53.2 Å². The van der Waals surface area contributed by atoms with Crippen LogP contribution < -0.4 is 0 Å². The number of carbonyl (C=O) groups is 5. The van der Waals surface area contributed by atoms with Gasteiger partial charge in [-0.25, -0.2) is 0 Å². The minimum absolute atomic E-state index is 0.00623. The first-order valence-corrected chi connectivity index (χ1v) is 20.1. The van der Waals surface area contributed by atoms with Gasteiger partial charge in [-0.3, -0.25) is 24.0 Å². The predicted molar refractivity (Wildman–Crippen MR) is 198 cm³/mol. The van der Waals surface area contributed by atoms with Gasteiger partial charge < -0.3 is 14.6 Å². The first-order valence-electron chi connectivity index (χ1n) is 20.1. The highest BCUT2D eigenvalue weighted by molar-refractivity contribution is 6.02. The second-order valence-corrected chi connectivity index (χ2v) is 16.2. The molecule has 0 heterocycles. The molecule has 8 heteroatoms. The molecule has 0 spiro atoms. The summed E-state index contributed by atoms with van der Waals surface area (Å²) in [5.41, 5.74) is -2.28.